The number of ether oxygens (including phenoxy) is 2. The second-order valence-electron chi connectivity index (χ2n) is 9.72. The predicted octanol–water partition coefficient (Wildman–Crippen LogP) is 5.82. The van der Waals surface area contributed by atoms with Gasteiger partial charge in [0.05, 0.1) is 18.7 Å². The molecule has 0 saturated heterocycles. The number of para-hydroxylation sites is 2. The number of hydrogen-bond acceptors (Lipinski definition) is 6. The Balaban J connectivity index is 1.18. The third-order valence-corrected chi connectivity index (χ3v) is 6.71. The minimum absolute atomic E-state index is 0.101. The zero-order valence-corrected chi connectivity index (χ0v) is 22.8. The second-order valence-corrected chi connectivity index (χ2v) is 9.72. The summed E-state index contributed by atoms with van der Waals surface area (Å²) < 4.78 is 13.4. The smallest absolute Gasteiger partial charge is 0.323 e. The number of tetrazole rings is 1. The molecule has 2 aromatic heterocycles. The molecule has 0 aliphatic heterocycles. The van der Waals surface area contributed by atoms with E-state index in [2.05, 4.69) is 26.7 Å². The monoisotopic (exact) mass is 551 g/mol. The number of aromatic amines is 1. The second kappa shape index (κ2) is 13.9. The number of unbranched alkanes of at least 4 members (excludes halogenated alkanes) is 1. The van der Waals surface area contributed by atoms with E-state index in [9.17, 15) is 9.90 Å². The fraction of sp³-hybridized carbons (Fsp3) is 0.250. The first-order valence-electron chi connectivity index (χ1n) is 13.8. The first kappa shape index (κ1) is 27.6. The van der Waals surface area contributed by atoms with E-state index in [-0.39, 0.29) is 6.54 Å². The maximum absolute atomic E-state index is 11.6. The molecule has 5 aromatic rings. The number of aryl methyl sites for hydroxylation is 2. The lowest BCUT2D eigenvalue weighted by Gasteiger charge is -2.08. The van der Waals surface area contributed by atoms with Crippen LogP contribution in [-0.4, -0.2) is 49.5 Å². The number of benzene rings is 3. The number of nitrogens with zero attached hydrogens (tertiary/aromatic N) is 4. The Morgan fingerprint density at radius 2 is 1.61 bits per heavy atom. The van der Waals surface area contributed by atoms with Crippen molar-refractivity contribution < 1.29 is 19.4 Å². The average molecular weight is 552 g/mol. The third-order valence-electron chi connectivity index (χ3n) is 6.71. The van der Waals surface area contributed by atoms with E-state index >= 15 is 0 Å². The molecule has 0 bridgehead atoms. The van der Waals surface area contributed by atoms with Crippen molar-refractivity contribution in [3.05, 3.63) is 102 Å². The summed E-state index contributed by atoms with van der Waals surface area (Å²) >= 11 is 0. The molecule has 0 saturated carbocycles. The molecule has 0 unspecified atom stereocenters. The van der Waals surface area contributed by atoms with Crippen molar-refractivity contribution in [3.8, 4) is 11.5 Å². The molecule has 5 rings (SSSR count). The molecule has 41 heavy (non-hydrogen) atoms. The molecule has 0 radical (unpaired) electrons. The Morgan fingerprint density at radius 3 is 2.32 bits per heavy atom. The van der Waals surface area contributed by atoms with Crippen molar-refractivity contribution in [3.63, 3.8) is 0 Å². The van der Waals surface area contributed by atoms with E-state index in [1.54, 1.807) is 0 Å². The largest absolute Gasteiger partial charge is 0.494 e. The normalized spacial score (nSPS) is 11.3. The fourth-order valence-electron chi connectivity index (χ4n) is 4.75. The molecule has 2 N–H and O–H groups in total. The van der Waals surface area contributed by atoms with Gasteiger partial charge >= 0.3 is 5.97 Å². The van der Waals surface area contributed by atoms with Gasteiger partial charge in [0.25, 0.3) is 0 Å². The number of carbonyl (C=O) groups is 1. The molecular formula is C32H33N5O4. The van der Waals surface area contributed by atoms with Gasteiger partial charge in [-0.05, 0) is 66.6 Å². The SMILES string of the molecule is O=C(O)Cn1cc(CCCc2nn[nH]n2)c2cccc(C=Cc3ccc(OCCCCOc4ccccc4)cc3)c21. The summed E-state index contributed by atoms with van der Waals surface area (Å²) in [6.07, 6.45) is 10.2. The molecule has 0 atom stereocenters. The van der Waals surface area contributed by atoms with E-state index in [0.717, 1.165) is 64.8 Å². The van der Waals surface area contributed by atoms with E-state index in [1.165, 1.54) is 0 Å². The van der Waals surface area contributed by atoms with Gasteiger partial charge in [-0.3, -0.25) is 4.79 Å². The van der Waals surface area contributed by atoms with Crippen LogP contribution >= 0.6 is 0 Å². The van der Waals surface area contributed by atoms with E-state index < -0.39 is 5.97 Å². The highest BCUT2D eigenvalue weighted by molar-refractivity contribution is 5.94. The summed E-state index contributed by atoms with van der Waals surface area (Å²) in [4.78, 5) is 11.6. The number of carboxylic acid groups (broad SMARTS) is 1. The minimum atomic E-state index is -0.877. The molecule has 9 nitrogen and oxygen atoms in total. The fourth-order valence-corrected chi connectivity index (χ4v) is 4.75. The number of nitrogens with one attached hydrogen (secondary N) is 1. The molecule has 0 aliphatic carbocycles. The van der Waals surface area contributed by atoms with Crippen molar-refractivity contribution in [1.29, 1.82) is 0 Å². The van der Waals surface area contributed by atoms with Crippen LogP contribution in [0.2, 0.25) is 0 Å². The molecule has 0 fully saturated rings. The van der Waals surface area contributed by atoms with Crippen LogP contribution < -0.4 is 9.47 Å². The van der Waals surface area contributed by atoms with Crippen LogP contribution in [0.25, 0.3) is 23.1 Å². The van der Waals surface area contributed by atoms with Gasteiger partial charge in [-0.2, -0.15) is 5.21 Å². The van der Waals surface area contributed by atoms with Crippen molar-refractivity contribution in [2.45, 2.75) is 38.6 Å². The van der Waals surface area contributed by atoms with Crippen LogP contribution in [0, 0.1) is 0 Å². The van der Waals surface area contributed by atoms with Crippen LogP contribution in [0.1, 0.15) is 41.8 Å². The highest BCUT2D eigenvalue weighted by Gasteiger charge is 2.13. The van der Waals surface area contributed by atoms with Crippen molar-refractivity contribution in [2.75, 3.05) is 13.2 Å². The Morgan fingerprint density at radius 1 is 0.854 bits per heavy atom. The van der Waals surface area contributed by atoms with E-state index in [0.29, 0.717) is 25.5 Å². The molecule has 3 aromatic carbocycles. The Hall–Kier alpha value is -4.92. The van der Waals surface area contributed by atoms with Crippen molar-refractivity contribution >= 4 is 29.0 Å². The van der Waals surface area contributed by atoms with Crippen LogP contribution in [-0.2, 0) is 24.2 Å². The summed E-state index contributed by atoms with van der Waals surface area (Å²) in [6.45, 7) is 1.20. The van der Waals surface area contributed by atoms with Crippen LogP contribution in [0.5, 0.6) is 11.5 Å². The summed E-state index contributed by atoms with van der Waals surface area (Å²) in [5.74, 6) is 1.51. The number of hydrogen-bond donors (Lipinski definition) is 2. The lowest BCUT2D eigenvalue weighted by Crippen LogP contribution is -2.07. The summed E-state index contributed by atoms with van der Waals surface area (Å²) in [6, 6.07) is 23.9. The predicted molar refractivity (Wildman–Crippen MR) is 158 cm³/mol. The Kier molecular flexibility index (Phi) is 9.39. The maximum atomic E-state index is 11.6. The zero-order chi connectivity index (χ0) is 28.3. The molecule has 9 heteroatoms. The van der Waals surface area contributed by atoms with Crippen LogP contribution in [0.15, 0.2) is 79.0 Å². The molecule has 0 amide bonds. The van der Waals surface area contributed by atoms with Crippen LogP contribution in [0.4, 0.5) is 0 Å². The first-order valence-corrected chi connectivity index (χ1v) is 13.8. The minimum Gasteiger partial charge on any atom is -0.494 e. The summed E-state index contributed by atoms with van der Waals surface area (Å²) in [5, 5.41) is 24.7. The summed E-state index contributed by atoms with van der Waals surface area (Å²) in [7, 11) is 0. The number of fused-ring (bicyclic) bond motifs is 1. The van der Waals surface area contributed by atoms with Crippen molar-refractivity contribution in [2.24, 2.45) is 0 Å². The first-order chi connectivity index (χ1) is 20.2. The molecular weight excluding hydrogens is 518 g/mol. The highest BCUT2D eigenvalue weighted by atomic mass is 16.5. The van der Waals surface area contributed by atoms with Gasteiger partial charge in [-0.25, -0.2) is 0 Å². The van der Waals surface area contributed by atoms with Gasteiger partial charge < -0.3 is 19.1 Å². The number of carboxylic acids is 1. The molecule has 0 spiro atoms. The lowest BCUT2D eigenvalue weighted by molar-refractivity contribution is -0.137. The number of rotatable bonds is 15. The average Bonchev–Trinajstić information content (AvgIpc) is 3.63. The quantitative estimate of drug-likeness (QED) is 0.124. The van der Waals surface area contributed by atoms with E-state index in [4.69, 9.17) is 9.47 Å². The number of aromatic nitrogens is 5. The number of H-pyrrole nitrogens is 1. The Labute approximate surface area is 238 Å². The van der Waals surface area contributed by atoms with Crippen LogP contribution in [0.3, 0.4) is 0 Å². The van der Waals surface area contributed by atoms with Gasteiger partial charge in [0.2, 0.25) is 0 Å². The van der Waals surface area contributed by atoms with Gasteiger partial charge in [0.1, 0.15) is 18.0 Å². The standard InChI is InChI=1S/C32H33N5O4/c38-31(39)23-37-22-26(9-7-13-30-33-35-36-34-30)29-12-6-8-25(32(29)37)17-14-24-15-18-28(19-16-24)41-21-5-4-20-40-27-10-2-1-3-11-27/h1-3,6,8,10-12,14-19,22H,4-5,7,9,13,20-21,23H2,(H,38,39)(H,33,34,35,36). The molecule has 0 aliphatic rings. The third kappa shape index (κ3) is 7.82. The van der Waals surface area contributed by atoms with E-state index in [1.807, 2.05) is 89.6 Å². The molecule has 2 heterocycles. The topological polar surface area (TPSA) is 115 Å². The van der Waals surface area contributed by atoms with Crippen molar-refractivity contribution in [1.82, 2.24) is 25.2 Å². The lowest BCUT2D eigenvalue weighted by atomic mass is 10.0. The Bertz CT molecular complexity index is 1560. The zero-order valence-electron chi connectivity index (χ0n) is 22.8. The van der Waals surface area contributed by atoms with Gasteiger partial charge in [-0.1, -0.05) is 65.9 Å². The van der Waals surface area contributed by atoms with Gasteiger partial charge in [0.15, 0.2) is 5.82 Å². The highest BCUT2D eigenvalue weighted by Crippen LogP contribution is 2.28. The maximum Gasteiger partial charge on any atom is 0.323 e. The summed E-state index contributed by atoms with van der Waals surface area (Å²) in [5.41, 5.74) is 4.01. The van der Waals surface area contributed by atoms with Gasteiger partial charge in [-0.15, -0.1) is 10.2 Å². The molecule has 210 valence electrons. The van der Waals surface area contributed by atoms with Gasteiger partial charge in [0, 0.05) is 18.0 Å². The number of aliphatic carboxylic acids is 1.